The van der Waals surface area contributed by atoms with Crippen molar-refractivity contribution in [3.63, 3.8) is 0 Å². The van der Waals surface area contributed by atoms with E-state index in [1.54, 1.807) is 33.7 Å². The number of nitrogen functional groups attached to an aromatic ring is 2. The molecule has 7 atom stereocenters. The van der Waals surface area contributed by atoms with E-state index >= 15 is 0 Å². The first-order valence-electron chi connectivity index (χ1n) is 12.1. The van der Waals surface area contributed by atoms with Crippen molar-refractivity contribution in [2.45, 2.75) is 49.9 Å². The Kier molecular flexibility index (Phi) is 8.67. The Morgan fingerprint density at radius 2 is 1.43 bits per heavy atom. The molecule has 4 aromatic rings. The van der Waals surface area contributed by atoms with Crippen molar-refractivity contribution in [3.8, 4) is 0 Å². The van der Waals surface area contributed by atoms with Gasteiger partial charge in [-0.15, -0.1) is 0 Å². The van der Waals surface area contributed by atoms with Gasteiger partial charge in [0, 0.05) is 25.2 Å². The fourth-order valence-electron chi connectivity index (χ4n) is 4.54. The van der Waals surface area contributed by atoms with Gasteiger partial charge in [-0.2, -0.15) is 9.56 Å². The zero-order chi connectivity index (χ0) is 28.4. The Labute approximate surface area is 227 Å². The van der Waals surface area contributed by atoms with E-state index in [-0.39, 0.29) is 19.1 Å². The lowest BCUT2D eigenvalue weighted by atomic mass is 10.2. The second kappa shape index (κ2) is 12.2. The number of anilines is 2. The molecule has 0 bridgehead atoms. The molecule has 17 nitrogen and oxygen atoms in total. The summed E-state index contributed by atoms with van der Waals surface area (Å²) in [6, 6.07) is 3.51. The molecule has 0 radical (unpaired) electrons. The van der Waals surface area contributed by atoms with Crippen molar-refractivity contribution in [2.24, 2.45) is 0 Å². The summed E-state index contributed by atoms with van der Waals surface area (Å²) in [5.41, 5.74) is 12.7. The first-order valence-corrected chi connectivity index (χ1v) is 13.5. The van der Waals surface area contributed by atoms with E-state index in [1.165, 1.54) is 12.7 Å². The maximum Gasteiger partial charge on any atom is 0.232 e. The molecule has 6 rings (SSSR count). The van der Waals surface area contributed by atoms with Gasteiger partial charge in [0.15, 0.2) is 18.7 Å². The predicted molar refractivity (Wildman–Crippen MR) is 138 cm³/mol. The summed E-state index contributed by atoms with van der Waals surface area (Å²) >= 11 is 0. The molecule has 4 aromatic heterocycles. The molecule has 0 saturated carbocycles. The number of ether oxygens (including phenoxy) is 2. The number of nitrogens with two attached hydrogens (primary N) is 2. The van der Waals surface area contributed by atoms with E-state index in [0.717, 1.165) is 5.39 Å². The maximum atomic E-state index is 10.1. The van der Waals surface area contributed by atoms with Crippen LogP contribution in [0.2, 0.25) is 0 Å². The van der Waals surface area contributed by atoms with Gasteiger partial charge in [-0.05, 0) is 12.1 Å². The van der Waals surface area contributed by atoms with E-state index < -0.39 is 45.7 Å². The van der Waals surface area contributed by atoms with E-state index in [1.807, 2.05) is 0 Å². The lowest BCUT2D eigenvalue weighted by molar-refractivity contribution is -0.318. The highest BCUT2D eigenvalue weighted by atomic mass is 31.2. The molecule has 0 aliphatic carbocycles. The van der Waals surface area contributed by atoms with Crippen LogP contribution in [0.5, 0.6) is 0 Å². The first kappa shape index (κ1) is 28.4. The lowest BCUT2D eigenvalue weighted by Crippen LogP contribution is -2.19. The molecule has 40 heavy (non-hydrogen) atoms. The Morgan fingerprint density at radius 1 is 0.875 bits per heavy atom. The minimum absolute atomic E-state index is 0.107. The Hall–Kier alpha value is -3.09. The van der Waals surface area contributed by atoms with Crippen LogP contribution in [0.3, 0.4) is 0 Å². The quantitative estimate of drug-likeness (QED) is 0.0824. The highest BCUT2D eigenvalue weighted by molar-refractivity contribution is 7.45. The van der Waals surface area contributed by atoms with Gasteiger partial charge in [-0.25, -0.2) is 19.9 Å². The van der Waals surface area contributed by atoms with Crippen LogP contribution in [0.4, 0.5) is 11.6 Å². The van der Waals surface area contributed by atoms with Gasteiger partial charge in [0.2, 0.25) is 8.38 Å². The molecule has 0 aromatic carbocycles. The number of nitrogens with zero attached hydrogens (tertiary/aromatic N) is 6. The van der Waals surface area contributed by atoms with Crippen LogP contribution in [0.25, 0.3) is 22.1 Å². The van der Waals surface area contributed by atoms with Gasteiger partial charge in [0.05, 0.1) is 23.5 Å². The molecule has 2 aliphatic heterocycles. The molecule has 216 valence electrons. The smallest absolute Gasteiger partial charge is 0.232 e. The van der Waals surface area contributed by atoms with Gasteiger partial charge in [0.25, 0.3) is 0 Å². The molecule has 0 spiro atoms. The zero-order valence-electron chi connectivity index (χ0n) is 20.9. The van der Waals surface area contributed by atoms with E-state index in [9.17, 15) is 10.2 Å². The maximum absolute atomic E-state index is 10.1. The molecule has 6 heterocycles. The molecule has 9 N–H and O–H groups in total. The molecule has 1 unspecified atom stereocenters. The van der Waals surface area contributed by atoms with Crippen molar-refractivity contribution >= 4 is 42.1 Å². The lowest BCUT2D eigenvalue weighted by Gasteiger charge is -2.17. The summed E-state index contributed by atoms with van der Waals surface area (Å²) < 4.78 is 19.0. The van der Waals surface area contributed by atoms with Crippen LogP contribution in [0.1, 0.15) is 25.3 Å². The summed E-state index contributed by atoms with van der Waals surface area (Å²) in [5, 5.41) is 39.2. The van der Waals surface area contributed by atoms with Gasteiger partial charge in [-0.3, -0.25) is 0 Å². The minimum Gasteiger partial charge on any atom is -0.394 e. The van der Waals surface area contributed by atoms with Crippen molar-refractivity contribution in [1.82, 2.24) is 29.1 Å². The van der Waals surface area contributed by atoms with E-state index in [2.05, 4.69) is 24.6 Å². The van der Waals surface area contributed by atoms with Crippen molar-refractivity contribution < 1.29 is 44.4 Å². The average Bonchev–Trinajstić information content (AvgIpc) is 3.73. The Bertz CT molecular complexity index is 1440. The predicted octanol–water partition coefficient (Wildman–Crippen LogP) is -0.524. The molecule has 2 saturated heterocycles. The Morgan fingerprint density at radius 3 is 1.95 bits per heavy atom. The average molecular weight is 580 g/mol. The van der Waals surface area contributed by atoms with Crippen molar-refractivity contribution in [3.05, 3.63) is 37.2 Å². The number of aromatic nitrogens is 6. The standard InChI is InChI=1S/C11H15N4O6P.C11H14N4O3/c12-9-6-1-2-15(10(6)14-4-13-9)11-7(17)3-8(19-11)20-21-22(18)5-16;12-9-7-1-2-15(10(7)14-5-13-9)11-8(17)3-6(4-16)18-11/h1-2,4,7-8,11,16-18H,3,5H2,(H2,12,13,14);1-2,5-6,8,11,16-17H,3-4H2,(H2,12,13,14)/t7-,8+,11+,22?;6-,8-,11+/m00/s1. The highest BCUT2D eigenvalue weighted by Crippen LogP contribution is 2.36. The molecule has 18 heteroatoms. The SMILES string of the molecule is Nc1ncnc2c1ccn2[C@@H]1O[C@H](CO)C[C@@H]1O.Nc1ncnc2c1ccn2[C@@H]1O[C@H](OOP(O)CO)C[C@@H]1O. The number of hydrogen-bond acceptors (Lipinski definition) is 15. The van der Waals surface area contributed by atoms with E-state index in [0.29, 0.717) is 34.7 Å². The monoisotopic (exact) mass is 580 g/mol. The van der Waals surface area contributed by atoms with Crippen molar-refractivity contribution in [2.75, 3.05) is 24.4 Å². The summed E-state index contributed by atoms with van der Waals surface area (Å²) in [6.07, 6.45) is 2.09. The summed E-state index contributed by atoms with van der Waals surface area (Å²) in [4.78, 5) is 30.1. The third-order valence-corrected chi connectivity index (χ3v) is 6.91. The van der Waals surface area contributed by atoms with Crippen LogP contribution in [0, 0.1) is 0 Å². The van der Waals surface area contributed by atoms with Gasteiger partial charge < -0.3 is 55.4 Å². The fraction of sp³-hybridized carbons (Fsp3) is 0.455. The molecular weight excluding hydrogens is 551 g/mol. The van der Waals surface area contributed by atoms with Crippen LogP contribution >= 0.6 is 8.38 Å². The third kappa shape index (κ3) is 5.70. The zero-order valence-corrected chi connectivity index (χ0v) is 21.8. The van der Waals surface area contributed by atoms with Gasteiger partial charge in [-0.1, -0.05) is 0 Å². The minimum atomic E-state index is -2.07. The number of hydrogen-bond donors (Lipinski definition) is 7. The fourth-order valence-corrected chi connectivity index (χ4v) is 4.78. The molecule has 2 fully saturated rings. The second-order valence-electron chi connectivity index (χ2n) is 9.00. The van der Waals surface area contributed by atoms with Crippen LogP contribution < -0.4 is 11.5 Å². The number of aliphatic hydroxyl groups excluding tert-OH is 4. The molecule has 2 aliphatic rings. The third-order valence-electron chi connectivity index (χ3n) is 6.41. The molecular formula is C22H29N8O9P. The van der Waals surface area contributed by atoms with Crippen LogP contribution in [-0.4, -0.2) is 91.9 Å². The van der Waals surface area contributed by atoms with Crippen molar-refractivity contribution in [1.29, 1.82) is 0 Å². The van der Waals surface area contributed by atoms with Gasteiger partial charge >= 0.3 is 0 Å². The highest BCUT2D eigenvalue weighted by Gasteiger charge is 2.38. The largest absolute Gasteiger partial charge is 0.394 e. The summed E-state index contributed by atoms with van der Waals surface area (Å²) in [6.45, 7) is -0.107. The van der Waals surface area contributed by atoms with Crippen LogP contribution in [0.15, 0.2) is 37.2 Å². The first-order chi connectivity index (χ1) is 19.3. The topological polar surface area (TPSA) is 252 Å². The number of fused-ring (bicyclic) bond motifs is 2. The number of aliphatic hydroxyl groups is 4. The summed E-state index contributed by atoms with van der Waals surface area (Å²) in [5.74, 6) is 0.728. The normalized spacial score (nSPS) is 27.2. The number of rotatable bonds is 7. The van der Waals surface area contributed by atoms with Gasteiger partial charge in [0.1, 0.15) is 54.1 Å². The Balaban J connectivity index is 0.000000164. The molecule has 0 amide bonds. The summed E-state index contributed by atoms with van der Waals surface area (Å²) in [7, 11) is -2.07. The second-order valence-corrected chi connectivity index (χ2v) is 10.1. The van der Waals surface area contributed by atoms with Crippen LogP contribution in [-0.2, 0) is 19.0 Å². The van der Waals surface area contributed by atoms with E-state index in [4.69, 9.17) is 40.9 Å².